The molecular weight excluding hydrogens is 252 g/mol. The van der Waals surface area contributed by atoms with E-state index in [0.29, 0.717) is 6.04 Å². The van der Waals surface area contributed by atoms with Crippen molar-refractivity contribution in [3.05, 3.63) is 29.5 Å². The highest BCUT2D eigenvalue weighted by Gasteiger charge is 2.11. The van der Waals surface area contributed by atoms with Gasteiger partial charge in [0.1, 0.15) is 0 Å². The molecule has 0 bridgehead atoms. The molecule has 0 radical (unpaired) electrons. The second-order valence-corrected chi connectivity index (χ2v) is 4.70. The van der Waals surface area contributed by atoms with Crippen molar-refractivity contribution in [1.82, 2.24) is 9.78 Å². The van der Waals surface area contributed by atoms with Crippen molar-refractivity contribution in [3.8, 4) is 0 Å². The third kappa shape index (κ3) is 1.81. The highest BCUT2D eigenvalue weighted by Crippen LogP contribution is 2.24. The Balaban J connectivity index is 2.73. The maximum absolute atomic E-state index is 4.63. The van der Waals surface area contributed by atoms with Crippen molar-refractivity contribution in [2.24, 2.45) is 0 Å². The van der Waals surface area contributed by atoms with Crippen LogP contribution in [0.5, 0.6) is 0 Å². The van der Waals surface area contributed by atoms with Gasteiger partial charge in [-0.15, -0.1) is 0 Å². The maximum Gasteiger partial charge on any atom is 0.0929 e. The third-order valence-electron chi connectivity index (χ3n) is 2.57. The summed E-state index contributed by atoms with van der Waals surface area (Å²) in [7, 11) is 0. The number of benzene rings is 1. The second kappa shape index (κ2) is 3.97. The minimum absolute atomic E-state index is 0.408. The van der Waals surface area contributed by atoms with E-state index < -0.39 is 0 Å². The molecule has 2 nitrogen and oxygen atoms in total. The van der Waals surface area contributed by atoms with Gasteiger partial charge in [0.25, 0.3) is 0 Å². The second-order valence-electron chi connectivity index (χ2n) is 4.14. The number of nitrogens with zero attached hydrogens (tertiary/aromatic N) is 2. The monoisotopic (exact) mass is 266 g/mol. The van der Waals surface area contributed by atoms with Gasteiger partial charge in [-0.2, -0.15) is 5.10 Å². The molecule has 80 valence electrons. The van der Waals surface area contributed by atoms with Crippen molar-refractivity contribution in [2.75, 3.05) is 0 Å². The molecule has 3 heteroatoms. The SMILES string of the molecule is Cc1ccc2c(CBr)n(C(C)C)nc2c1. The summed E-state index contributed by atoms with van der Waals surface area (Å²) in [5, 5.41) is 6.74. The van der Waals surface area contributed by atoms with Gasteiger partial charge in [-0.05, 0) is 32.4 Å². The summed E-state index contributed by atoms with van der Waals surface area (Å²) in [5.41, 5.74) is 3.62. The van der Waals surface area contributed by atoms with Crippen LogP contribution >= 0.6 is 15.9 Å². The van der Waals surface area contributed by atoms with E-state index >= 15 is 0 Å². The molecule has 0 saturated heterocycles. The van der Waals surface area contributed by atoms with Gasteiger partial charge in [-0.1, -0.05) is 28.1 Å². The van der Waals surface area contributed by atoms with Gasteiger partial charge in [0.15, 0.2) is 0 Å². The van der Waals surface area contributed by atoms with Gasteiger partial charge in [0, 0.05) is 16.8 Å². The van der Waals surface area contributed by atoms with Gasteiger partial charge < -0.3 is 0 Å². The molecular formula is C12H15BrN2. The Bertz CT molecular complexity index is 486. The maximum atomic E-state index is 4.63. The van der Waals surface area contributed by atoms with Crippen molar-refractivity contribution >= 4 is 26.8 Å². The first-order valence-electron chi connectivity index (χ1n) is 5.17. The van der Waals surface area contributed by atoms with Crippen LogP contribution in [0, 0.1) is 6.92 Å². The third-order valence-corrected chi connectivity index (χ3v) is 3.10. The van der Waals surface area contributed by atoms with Gasteiger partial charge in [0.05, 0.1) is 11.2 Å². The molecule has 0 aliphatic heterocycles. The Morgan fingerprint density at radius 2 is 2.13 bits per heavy atom. The lowest BCUT2D eigenvalue weighted by molar-refractivity contribution is 0.523. The number of hydrogen-bond donors (Lipinski definition) is 0. The Morgan fingerprint density at radius 3 is 2.73 bits per heavy atom. The van der Waals surface area contributed by atoms with Crippen LogP contribution in [-0.4, -0.2) is 9.78 Å². The molecule has 0 saturated carbocycles. The lowest BCUT2D eigenvalue weighted by Crippen LogP contribution is -2.05. The Labute approximate surface area is 98.4 Å². The molecule has 15 heavy (non-hydrogen) atoms. The highest BCUT2D eigenvalue weighted by atomic mass is 79.9. The minimum atomic E-state index is 0.408. The standard InChI is InChI=1S/C12H15BrN2/c1-8(2)15-12(7-13)10-5-4-9(3)6-11(10)14-15/h4-6,8H,7H2,1-3H3. The van der Waals surface area contributed by atoms with Gasteiger partial charge in [-0.3, -0.25) is 4.68 Å². The number of alkyl halides is 1. The van der Waals surface area contributed by atoms with Crippen LogP contribution in [0.15, 0.2) is 18.2 Å². The normalized spacial score (nSPS) is 11.5. The van der Waals surface area contributed by atoms with E-state index in [2.05, 4.69) is 64.7 Å². The van der Waals surface area contributed by atoms with Crippen molar-refractivity contribution < 1.29 is 0 Å². The minimum Gasteiger partial charge on any atom is -0.265 e. The van der Waals surface area contributed by atoms with E-state index in [1.165, 1.54) is 16.6 Å². The molecule has 0 aliphatic rings. The van der Waals surface area contributed by atoms with Crippen LogP contribution in [0.1, 0.15) is 31.1 Å². The smallest absolute Gasteiger partial charge is 0.0929 e. The zero-order chi connectivity index (χ0) is 11.0. The van der Waals surface area contributed by atoms with Crippen LogP contribution in [0.2, 0.25) is 0 Å². The predicted molar refractivity (Wildman–Crippen MR) is 67.5 cm³/mol. The fourth-order valence-corrected chi connectivity index (χ4v) is 2.39. The fraction of sp³-hybridized carbons (Fsp3) is 0.417. The first-order valence-corrected chi connectivity index (χ1v) is 6.29. The highest BCUT2D eigenvalue weighted by molar-refractivity contribution is 9.08. The largest absolute Gasteiger partial charge is 0.265 e. The average Bonchev–Trinajstić information content (AvgIpc) is 2.55. The van der Waals surface area contributed by atoms with E-state index in [0.717, 1.165) is 10.8 Å². The summed E-state index contributed by atoms with van der Waals surface area (Å²) in [4.78, 5) is 0. The van der Waals surface area contributed by atoms with Crippen LogP contribution in [0.3, 0.4) is 0 Å². The van der Waals surface area contributed by atoms with Crippen LogP contribution in [0.25, 0.3) is 10.9 Å². The number of rotatable bonds is 2. The van der Waals surface area contributed by atoms with E-state index in [-0.39, 0.29) is 0 Å². The summed E-state index contributed by atoms with van der Waals surface area (Å²) >= 11 is 3.53. The van der Waals surface area contributed by atoms with Crippen LogP contribution < -0.4 is 0 Å². The number of aromatic nitrogens is 2. The molecule has 0 amide bonds. The first kappa shape index (κ1) is 10.7. The summed E-state index contributed by atoms with van der Waals surface area (Å²) in [6, 6.07) is 6.85. The van der Waals surface area contributed by atoms with E-state index in [1.54, 1.807) is 0 Å². The molecule has 1 aromatic heterocycles. The molecule has 1 aromatic carbocycles. The topological polar surface area (TPSA) is 17.8 Å². The molecule has 0 fully saturated rings. The quantitative estimate of drug-likeness (QED) is 0.756. The molecule has 0 N–H and O–H groups in total. The number of halogens is 1. The van der Waals surface area contributed by atoms with Crippen molar-refractivity contribution in [3.63, 3.8) is 0 Å². The van der Waals surface area contributed by atoms with Gasteiger partial charge >= 0.3 is 0 Å². The lowest BCUT2D eigenvalue weighted by Gasteiger charge is -2.08. The first-order chi connectivity index (χ1) is 7.13. The van der Waals surface area contributed by atoms with Crippen molar-refractivity contribution in [2.45, 2.75) is 32.1 Å². The predicted octanol–water partition coefficient (Wildman–Crippen LogP) is 3.82. The summed E-state index contributed by atoms with van der Waals surface area (Å²) < 4.78 is 2.10. The molecule has 0 spiro atoms. The fourth-order valence-electron chi connectivity index (χ4n) is 1.83. The van der Waals surface area contributed by atoms with Crippen molar-refractivity contribution in [1.29, 1.82) is 0 Å². The van der Waals surface area contributed by atoms with E-state index in [9.17, 15) is 0 Å². The lowest BCUT2D eigenvalue weighted by atomic mass is 10.1. The average molecular weight is 267 g/mol. The van der Waals surface area contributed by atoms with E-state index in [4.69, 9.17) is 0 Å². The Kier molecular flexibility index (Phi) is 2.83. The zero-order valence-electron chi connectivity index (χ0n) is 9.29. The summed E-state index contributed by atoms with van der Waals surface area (Å²) in [6.07, 6.45) is 0. The van der Waals surface area contributed by atoms with Crippen LogP contribution in [0.4, 0.5) is 0 Å². The van der Waals surface area contributed by atoms with Crippen LogP contribution in [-0.2, 0) is 5.33 Å². The Hall–Kier alpha value is -0.830. The molecule has 2 aromatic rings. The van der Waals surface area contributed by atoms with E-state index in [1.807, 2.05) is 0 Å². The molecule has 2 rings (SSSR count). The van der Waals surface area contributed by atoms with Gasteiger partial charge in [-0.25, -0.2) is 0 Å². The molecule has 0 unspecified atom stereocenters. The molecule has 0 aliphatic carbocycles. The number of aryl methyl sites for hydroxylation is 1. The number of hydrogen-bond acceptors (Lipinski definition) is 1. The zero-order valence-corrected chi connectivity index (χ0v) is 10.9. The summed E-state index contributed by atoms with van der Waals surface area (Å²) in [5.74, 6) is 0. The molecule has 1 heterocycles. The number of fused-ring (bicyclic) bond motifs is 1. The van der Waals surface area contributed by atoms with Gasteiger partial charge in [0.2, 0.25) is 0 Å². The molecule has 0 atom stereocenters. The summed E-state index contributed by atoms with van der Waals surface area (Å²) in [6.45, 7) is 6.41. The Morgan fingerprint density at radius 1 is 1.40 bits per heavy atom.